The Hall–Kier alpha value is -1.28. The monoisotopic (exact) mass is 322 g/mol. The second-order valence-corrected chi connectivity index (χ2v) is 6.06. The molecule has 1 aromatic heterocycles. The van der Waals surface area contributed by atoms with Crippen LogP contribution in [0.3, 0.4) is 0 Å². The summed E-state index contributed by atoms with van der Waals surface area (Å²) in [6.07, 6.45) is -3.54. The van der Waals surface area contributed by atoms with E-state index in [-0.39, 0.29) is 22.9 Å². The smallest absolute Gasteiger partial charge is 0.422 e. The van der Waals surface area contributed by atoms with Crippen molar-refractivity contribution in [3.8, 4) is 5.06 Å². The summed E-state index contributed by atoms with van der Waals surface area (Å²) in [5, 5.41) is 6.19. The Kier molecular flexibility index (Phi) is 5.10. The van der Waals surface area contributed by atoms with Gasteiger partial charge in [-0.05, 0) is 32.0 Å². The molecule has 2 N–H and O–H groups in total. The van der Waals surface area contributed by atoms with Gasteiger partial charge in [0, 0.05) is 11.4 Å². The number of amides is 1. The number of thiophene rings is 1. The van der Waals surface area contributed by atoms with E-state index in [1.54, 1.807) is 13.0 Å². The Morgan fingerprint density at radius 1 is 1.57 bits per heavy atom. The zero-order valence-corrected chi connectivity index (χ0v) is 12.3. The van der Waals surface area contributed by atoms with E-state index in [4.69, 9.17) is 0 Å². The van der Waals surface area contributed by atoms with Crippen LogP contribution in [-0.2, 0) is 4.79 Å². The van der Waals surface area contributed by atoms with Gasteiger partial charge < -0.3 is 15.4 Å². The van der Waals surface area contributed by atoms with Gasteiger partial charge in [-0.25, -0.2) is 0 Å². The lowest BCUT2D eigenvalue weighted by atomic mass is 10.1. The number of halogens is 3. The van der Waals surface area contributed by atoms with Crippen molar-refractivity contribution in [1.29, 1.82) is 0 Å². The molecule has 2 atom stereocenters. The average Bonchev–Trinajstić information content (AvgIpc) is 3.07. The molecule has 21 heavy (non-hydrogen) atoms. The van der Waals surface area contributed by atoms with Gasteiger partial charge >= 0.3 is 6.18 Å². The number of alkyl halides is 3. The number of rotatable bonds is 5. The molecular weight excluding hydrogens is 305 g/mol. The van der Waals surface area contributed by atoms with E-state index >= 15 is 0 Å². The summed E-state index contributed by atoms with van der Waals surface area (Å²) >= 11 is 1.11. The van der Waals surface area contributed by atoms with Gasteiger partial charge in [0.25, 0.3) is 0 Å². The Balaban J connectivity index is 1.86. The minimum Gasteiger partial charge on any atom is -0.475 e. The molecule has 0 spiro atoms. The van der Waals surface area contributed by atoms with Crippen LogP contribution in [0.5, 0.6) is 5.06 Å². The first-order valence-corrected chi connectivity index (χ1v) is 7.47. The van der Waals surface area contributed by atoms with Crippen molar-refractivity contribution in [2.24, 2.45) is 5.92 Å². The maximum atomic E-state index is 12.1. The van der Waals surface area contributed by atoms with Gasteiger partial charge in [-0.15, -0.1) is 11.3 Å². The molecule has 4 nitrogen and oxygen atoms in total. The Bertz CT molecular complexity index is 484. The zero-order valence-electron chi connectivity index (χ0n) is 11.5. The summed E-state index contributed by atoms with van der Waals surface area (Å²) in [6, 6.07) is 2.92. The predicted octanol–water partition coefficient (Wildman–Crippen LogP) is 2.48. The molecule has 1 saturated heterocycles. The molecule has 1 aromatic rings. The summed E-state index contributed by atoms with van der Waals surface area (Å²) in [6.45, 7) is 2.00. The lowest BCUT2D eigenvalue weighted by Crippen LogP contribution is -2.33. The van der Waals surface area contributed by atoms with Crippen LogP contribution in [0.4, 0.5) is 13.2 Å². The third-order valence-corrected chi connectivity index (χ3v) is 4.38. The van der Waals surface area contributed by atoms with Crippen molar-refractivity contribution in [2.75, 3.05) is 19.7 Å². The molecule has 2 rings (SSSR count). The fraction of sp³-hybridized carbons (Fsp3) is 0.615. The van der Waals surface area contributed by atoms with E-state index in [1.807, 2.05) is 0 Å². The quantitative estimate of drug-likeness (QED) is 0.876. The fourth-order valence-electron chi connectivity index (χ4n) is 2.08. The molecule has 0 aliphatic carbocycles. The third kappa shape index (κ3) is 4.89. The number of hydrogen-bond donors (Lipinski definition) is 2. The van der Waals surface area contributed by atoms with Crippen LogP contribution in [0, 0.1) is 5.92 Å². The van der Waals surface area contributed by atoms with Gasteiger partial charge in [-0.3, -0.25) is 4.79 Å². The molecule has 1 amide bonds. The van der Waals surface area contributed by atoms with E-state index in [0.29, 0.717) is 6.54 Å². The molecule has 0 bridgehead atoms. The predicted molar refractivity (Wildman–Crippen MR) is 73.4 cm³/mol. The Morgan fingerprint density at radius 2 is 2.33 bits per heavy atom. The van der Waals surface area contributed by atoms with Crippen molar-refractivity contribution < 1.29 is 22.7 Å². The molecule has 1 aliphatic heterocycles. The lowest BCUT2D eigenvalue weighted by Gasteiger charge is -2.15. The van der Waals surface area contributed by atoms with Gasteiger partial charge in [0.05, 0.1) is 12.0 Å². The molecule has 1 fully saturated rings. The molecule has 1 aliphatic rings. The van der Waals surface area contributed by atoms with Crippen LogP contribution in [0.15, 0.2) is 12.1 Å². The van der Waals surface area contributed by atoms with E-state index in [1.165, 1.54) is 6.07 Å². The normalized spacial score (nSPS) is 20.3. The molecule has 8 heteroatoms. The van der Waals surface area contributed by atoms with Crippen molar-refractivity contribution in [3.05, 3.63) is 17.0 Å². The van der Waals surface area contributed by atoms with E-state index in [2.05, 4.69) is 15.4 Å². The lowest BCUT2D eigenvalue weighted by molar-refractivity contribution is -0.152. The zero-order chi connectivity index (χ0) is 15.5. The summed E-state index contributed by atoms with van der Waals surface area (Å²) in [5.74, 6) is -0.0629. The highest BCUT2D eigenvalue weighted by Crippen LogP contribution is 2.30. The third-order valence-electron chi connectivity index (χ3n) is 3.20. The Morgan fingerprint density at radius 3 is 2.95 bits per heavy atom. The molecular formula is C13H17F3N2O2S. The van der Waals surface area contributed by atoms with Crippen molar-refractivity contribution >= 4 is 17.2 Å². The molecule has 0 saturated carbocycles. The maximum absolute atomic E-state index is 12.1. The highest BCUT2D eigenvalue weighted by Gasteiger charge is 2.29. The maximum Gasteiger partial charge on any atom is 0.422 e. The second kappa shape index (κ2) is 6.65. The van der Waals surface area contributed by atoms with Gasteiger partial charge in [0.15, 0.2) is 11.7 Å². The summed E-state index contributed by atoms with van der Waals surface area (Å²) in [5.41, 5.74) is 0. The number of carbonyl (C=O) groups excluding carboxylic acids is 1. The van der Waals surface area contributed by atoms with E-state index < -0.39 is 12.8 Å². The standard InChI is InChI=1S/C13H17F3N2O2S/c1-8(18-12(19)9-4-5-17-6-9)10-2-3-11(21-10)20-7-13(14,15)16/h2-3,8-9,17H,4-7H2,1H3,(H,18,19)/t8-,9+/m1/s1. The van der Waals surface area contributed by atoms with Crippen molar-refractivity contribution in [2.45, 2.75) is 25.6 Å². The highest BCUT2D eigenvalue weighted by molar-refractivity contribution is 7.13. The largest absolute Gasteiger partial charge is 0.475 e. The number of hydrogen-bond acceptors (Lipinski definition) is 4. The number of nitrogens with one attached hydrogen (secondary N) is 2. The number of carbonyl (C=O) groups is 1. The minimum atomic E-state index is -4.35. The first kappa shape index (κ1) is 16.1. The average molecular weight is 322 g/mol. The first-order chi connectivity index (χ1) is 9.85. The molecule has 2 heterocycles. The van der Waals surface area contributed by atoms with Crippen LogP contribution >= 0.6 is 11.3 Å². The van der Waals surface area contributed by atoms with Crippen LogP contribution in [0.25, 0.3) is 0 Å². The minimum absolute atomic E-state index is 0.0290. The summed E-state index contributed by atoms with van der Waals surface area (Å²) in [4.78, 5) is 12.7. The van der Waals surface area contributed by atoms with Crippen LogP contribution in [-0.4, -0.2) is 31.8 Å². The summed E-state index contributed by atoms with van der Waals surface area (Å²) < 4.78 is 40.9. The van der Waals surface area contributed by atoms with Crippen LogP contribution in [0.1, 0.15) is 24.3 Å². The SMILES string of the molecule is C[C@@H](NC(=O)[C@H]1CCNC1)c1ccc(OCC(F)(F)F)s1. The highest BCUT2D eigenvalue weighted by atomic mass is 32.1. The van der Waals surface area contributed by atoms with Gasteiger partial charge in [-0.2, -0.15) is 13.2 Å². The number of ether oxygens (including phenoxy) is 1. The fourth-order valence-corrected chi connectivity index (χ4v) is 2.94. The topological polar surface area (TPSA) is 50.4 Å². The Labute approximate surface area is 124 Å². The van der Waals surface area contributed by atoms with Crippen molar-refractivity contribution in [3.63, 3.8) is 0 Å². The van der Waals surface area contributed by atoms with Gasteiger partial charge in [0.1, 0.15) is 0 Å². The van der Waals surface area contributed by atoms with E-state index in [0.717, 1.165) is 29.2 Å². The first-order valence-electron chi connectivity index (χ1n) is 6.65. The van der Waals surface area contributed by atoms with Gasteiger partial charge in [0.2, 0.25) is 5.91 Å². The molecule has 0 aromatic carbocycles. The van der Waals surface area contributed by atoms with Crippen LogP contribution in [0.2, 0.25) is 0 Å². The molecule has 0 radical (unpaired) electrons. The molecule has 118 valence electrons. The van der Waals surface area contributed by atoms with Crippen LogP contribution < -0.4 is 15.4 Å². The second-order valence-electron chi connectivity index (χ2n) is 4.98. The van der Waals surface area contributed by atoms with Crippen molar-refractivity contribution in [1.82, 2.24) is 10.6 Å². The van der Waals surface area contributed by atoms with E-state index in [9.17, 15) is 18.0 Å². The summed E-state index contributed by atoms with van der Waals surface area (Å²) in [7, 11) is 0. The molecule has 0 unspecified atom stereocenters. The van der Waals surface area contributed by atoms with Gasteiger partial charge in [-0.1, -0.05) is 0 Å².